The topological polar surface area (TPSA) is 380 Å². The summed E-state index contributed by atoms with van der Waals surface area (Å²) in [5.74, 6) is -2.94. The lowest BCUT2D eigenvalue weighted by atomic mass is 9.84. The molecule has 0 aromatic rings. The number of phosphoric ester groups is 1. The molecule has 25 nitrogen and oxygen atoms in total. The molecule has 26 heteroatoms. The van der Waals surface area contributed by atoms with Gasteiger partial charge in [0.05, 0.1) is 13.2 Å². The van der Waals surface area contributed by atoms with Crippen LogP contribution in [0.1, 0.15) is 413 Å². The van der Waals surface area contributed by atoms with E-state index >= 15 is 0 Å². The van der Waals surface area contributed by atoms with Gasteiger partial charge in [0.25, 0.3) is 0 Å². The molecule has 2 heterocycles. The predicted octanol–water partition coefficient (Wildman–Crippen LogP) is 17.0. The first-order valence-corrected chi connectivity index (χ1v) is 48.3. The summed E-state index contributed by atoms with van der Waals surface area (Å²) in [7, 11) is -5.80. The van der Waals surface area contributed by atoms with Crippen LogP contribution >= 0.6 is 7.82 Å². The van der Waals surface area contributed by atoms with Crippen LogP contribution in [0.3, 0.4) is 0 Å². The van der Waals surface area contributed by atoms with Crippen LogP contribution in [-0.2, 0) is 70.7 Å². The van der Waals surface area contributed by atoms with E-state index in [9.17, 15) is 74.6 Å². The molecule has 115 heavy (non-hydrogen) atoms. The Hall–Kier alpha value is -2.53. The standard InChI is InChI=1S/C89H167O25P/c1-5-9-13-17-21-25-29-33-35-39-42-46-50-54-58-62-73(92)106-68-71-77(96)79(98)83(102)89(110-71)113-86-84(111-75(94)64-60-56-52-48-43-38-32-28-24-20-16-12-8-4)80(99)81(100)85(112-88-82(101)78(97)76(95)70(65-90)109-88)87(86)114-115(103,104)107-67-69(66-105-72(91)61-57-53-49-45-41-37-31-27-23-19-15-11-7-3)108-74(93)63-59-55-51-47-44-40-36-34-30-26-22-18-14-10-6-2/h69-71,76-90,95-102H,5-68H2,1-4H3,(H,103,104). The van der Waals surface area contributed by atoms with Gasteiger partial charge in [0.1, 0.15) is 92.6 Å². The van der Waals surface area contributed by atoms with Crippen molar-refractivity contribution in [3.63, 3.8) is 0 Å². The highest BCUT2D eigenvalue weighted by Crippen LogP contribution is 2.49. The number of carbonyl (C=O) groups is 4. The normalized spacial score (nSPS) is 25.2. The zero-order chi connectivity index (χ0) is 84.0. The SMILES string of the molecule is CCCCCCCCCCCCCCCCCC(=O)OCC1OC(OC2C(OC(=O)CCCCCCCCCCCCCCC)C(O)C(O)C(OC3OC(CO)C(O)C(O)C3O)C2OP(=O)(O)OCC(COC(=O)CCCCCCCCCCCCCCC)OC(=O)CCCCCCCCCCCCCCCCC)C(O)C(O)C1O. The summed E-state index contributed by atoms with van der Waals surface area (Å²) in [6.07, 6.45) is 25.3. The van der Waals surface area contributed by atoms with Gasteiger partial charge < -0.3 is 88.7 Å². The van der Waals surface area contributed by atoms with Gasteiger partial charge in [-0.25, -0.2) is 4.57 Å². The molecule has 678 valence electrons. The maximum absolute atomic E-state index is 14.9. The maximum Gasteiger partial charge on any atom is 0.472 e. The Balaban J connectivity index is 1.91. The van der Waals surface area contributed by atoms with Gasteiger partial charge >= 0.3 is 31.7 Å². The van der Waals surface area contributed by atoms with Crippen LogP contribution in [0.5, 0.6) is 0 Å². The summed E-state index contributed by atoms with van der Waals surface area (Å²) >= 11 is 0. The van der Waals surface area contributed by atoms with Crippen molar-refractivity contribution in [1.82, 2.24) is 0 Å². The Labute approximate surface area is 693 Å². The average Bonchev–Trinajstić information content (AvgIpc) is 0.756. The zero-order valence-corrected chi connectivity index (χ0v) is 73.0. The van der Waals surface area contributed by atoms with Crippen molar-refractivity contribution in [2.24, 2.45) is 0 Å². The van der Waals surface area contributed by atoms with Gasteiger partial charge in [-0.15, -0.1) is 0 Å². The third-order valence-corrected chi connectivity index (χ3v) is 24.1. The van der Waals surface area contributed by atoms with Gasteiger partial charge in [0.15, 0.2) is 24.8 Å². The Morgan fingerprint density at radius 1 is 0.313 bits per heavy atom. The summed E-state index contributed by atoms with van der Waals surface area (Å²) in [5.41, 5.74) is 0. The van der Waals surface area contributed by atoms with Crippen LogP contribution < -0.4 is 0 Å². The van der Waals surface area contributed by atoms with Crippen molar-refractivity contribution in [2.45, 2.75) is 517 Å². The highest BCUT2D eigenvalue weighted by Gasteiger charge is 2.60. The van der Waals surface area contributed by atoms with Crippen molar-refractivity contribution in [3.8, 4) is 0 Å². The number of carbonyl (C=O) groups excluding carboxylic acids is 4. The first kappa shape index (κ1) is 107. The van der Waals surface area contributed by atoms with Gasteiger partial charge in [-0.05, 0) is 25.7 Å². The van der Waals surface area contributed by atoms with Crippen molar-refractivity contribution >= 4 is 31.7 Å². The number of phosphoric acid groups is 1. The first-order chi connectivity index (χ1) is 55.7. The minimum Gasteiger partial charge on any atom is -0.463 e. The molecule has 10 N–H and O–H groups in total. The van der Waals surface area contributed by atoms with Crippen LogP contribution in [0.15, 0.2) is 0 Å². The Bertz CT molecular complexity index is 2400. The Morgan fingerprint density at radius 3 is 0.948 bits per heavy atom. The lowest BCUT2D eigenvalue weighted by Gasteiger charge is -2.50. The van der Waals surface area contributed by atoms with Crippen molar-refractivity contribution < 1.29 is 122 Å². The minimum absolute atomic E-state index is 0.0202. The maximum atomic E-state index is 14.9. The molecular weight excluding hydrogens is 1500 g/mol. The van der Waals surface area contributed by atoms with Crippen molar-refractivity contribution in [2.75, 3.05) is 26.4 Å². The molecule has 0 radical (unpaired) electrons. The number of hydrogen-bond acceptors (Lipinski definition) is 24. The minimum atomic E-state index is -5.80. The van der Waals surface area contributed by atoms with Gasteiger partial charge in [-0.3, -0.25) is 28.2 Å². The van der Waals surface area contributed by atoms with E-state index < -0.39 is 162 Å². The first-order valence-electron chi connectivity index (χ1n) is 46.8. The summed E-state index contributed by atoms with van der Waals surface area (Å²) in [5, 5.41) is 102. The molecule has 2 saturated heterocycles. The van der Waals surface area contributed by atoms with Crippen LogP contribution in [0.25, 0.3) is 0 Å². The molecule has 0 amide bonds. The predicted molar refractivity (Wildman–Crippen MR) is 444 cm³/mol. The smallest absolute Gasteiger partial charge is 0.463 e. The van der Waals surface area contributed by atoms with E-state index in [0.29, 0.717) is 32.1 Å². The molecule has 3 aliphatic rings. The molecule has 3 rings (SSSR count). The number of esters is 4. The second-order valence-corrected chi connectivity index (χ2v) is 35.0. The fourth-order valence-corrected chi connectivity index (χ4v) is 16.6. The lowest BCUT2D eigenvalue weighted by molar-refractivity contribution is -0.360. The largest absolute Gasteiger partial charge is 0.472 e. The molecule has 1 saturated carbocycles. The monoisotopic (exact) mass is 1670 g/mol. The highest BCUT2D eigenvalue weighted by atomic mass is 31.2. The van der Waals surface area contributed by atoms with E-state index in [1.54, 1.807) is 0 Å². The van der Waals surface area contributed by atoms with Crippen LogP contribution in [0.2, 0.25) is 0 Å². The third kappa shape index (κ3) is 49.4. The molecule has 0 aromatic heterocycles. The lowest BCUT2D eigenvalue weighted by Crippen LogP contribution is -2.70. The van der Waals surface area contributed by atoms with E-state index in [0.717, 1.165) is 128 Å². The summed E-state index contributed by atoms with van der Waals surface area (Å²) in [4.78, 5) is 66.4. The van der Waals surface area contributed by atoms with E-state index in [4.69, 9.17) is 46.9 Å². The molecule has 0 aromatic carbocycles. The molecular formula is C89H167O25P. The van der Waals surface area contributed by atoms with Crippen LogP contribution in [0.4, 0.5) is 0 Å². The van der Waals surface area contributed by atoms with E-state index in [1.807, 2.05) is 0 Å². The number of hydrogen-bond donors (Lipinski definition) is 10. The molecule has 18 atom stereocenters. The summed E-state index contributed by atoms with van der Waals surface area (Å²) in [6, 6.07) is 0. The molecule has 0 bridgehead atoms. The van der Waals surface area contributed by atoms with Crippen LogP contribution in [-0.4, -0.2) is 205 Å². The number of unbranched alkanes of at least 4 members (excludes halogenated alkanes) is 52. The zero-order valence-electron chi connectivity index (χ0n) is 72.1. The molecule has 1 aliphatic carbocycles. The molecule has 3 fully saturated rings. The van der Waals surface area contributed by atoms with E-state index in [1.165, 1.54) is 199 Å². The van der Waals surface area contributed by atoms with Crippen molar-refractivity contribution in [3.05, 3.63) is 0 Å². The Kier molecular flexibility index (Phi) is 63.9. The van der Waals surface area contributed by atoms with Crippen molar-refractivity contribution in [1.29, 1.82) is 0 Å². The molecule has 2 aliphatic heterocycles. The van der Waals surface area contributed by atoms with E-state index in [2.05, 4.69) is 27.7 Å². The highest BCUT2D eigenvalue weighted by molar-refractivity contribution is 7.47. The van der Waals surface area contributed by atoms with Gasteiger partial charge in [0.2, 0.25) is 0 Å². The quantitative estimate of drug-likeness (QED) is 0.0117. The molecule has 18 unspecified atom stereocenters. The Morgan fingerprint density at radius 2 is 0.600 bits per heavy atom. The summed E-state index contributed by atoms with van der Waals surface area (Å²) in [6.45, 7) is 5.62. The third-order valence-electron chi connectivity index (χ3n) is 23.1. The fourth-order valence-electron chi connectivity index (χ4n) is 15.7. The summed E-state index contributed by atoms with van der Waals surface area (Å²) < 4.78 is 73.4. The number of aliphatic hydroxyl groups excluding tert-OH is 9. The van der Waals surface area contributed by atoms with Gasteiger partial charge in [-0.1, -0.05) is 362 Å². The number of ether oxygens (including phenoxy) is 8. The van der Waals surface area contributed by atoms with Crippen LogP contribution in [0, 0.1) is 0 Å². The second-order valence-electron chi connectivity index (χ2n) is 33.5. The van der Waals surface area contributed by atoms with Gasteiger partial charge in [-0.2, -0.15) is 0 Å². The second kappa shape index (κ2) is 68.9. The van der Waals surface area contributed by atoms with E-state index in [-0.39, 0.29) is 25.7 Å². The molecule has 0 spiro atoms. The average molecular weight is 1670 g/mol. The fraction of sp³-hybridized carbons (Fsp3) is 0.955. The number of aliphatic hydroxyl groups is 9. The number of rotatable bonds is 76. The van der Waals surface area contributed by atoms with Gasteiger partial charge in [0, 0.05) is 25.7 Å².